The Morgan fingerprint density at radius 2 is 1.29 bits per heavy atom. The maximum Gasteiger partial charge on any atom is 0.0491 e. The molecule has 0 saturated heterocycles. The molecule has 0 unspecified atom stereocenters. The lowest BCUT2D eigenvalue weighted by atomic mass is 9.82. The molecule has 0 atom stereocenters. The highest BCUT2D eigenvalue weighted by Crippen LogP contribution is 2.42. The lowest BCUT2D eigenvalue weighted by Gasteiger charge is -2.22. The Balaban J connectivity index is 1.53. The summed E-state index contributed by atoms with van der Waals surface area (Å²) in [6.45, 7) is 10.1. The smallest absolute Gasteiger partial charge is 0.0491 e. The van der Waals surface area contributed by atoms with Crippen LogP contribution in [-0.2, 0) is 12.0 Å². The maximum absolute atomic E-state index is 2.42. The van der Waals surface area contributed by atoms with Gasteiger partial charge in [0.25, 0.3) is 0 Å². The quantitative estimate of drug-likeness (QED) is 0.231. The van der Waals surface area contributed by atoms with Crippen molar-refractivity contribution in [1.29, 1.82) is 0 Å². The third-order valence-corrected chi connectivity index (χ3v) is 7.86. The van der Waals surface area contributed by atoms with Crippen molar-refractivity contribution in [3.8, 4) is 11.1 Å². The number of fused-ring (bicyclic) bond motifs is 3. The molecule has 35 heavy (non-hydrogen) atoms. The van der Waals surface area contributed by atoms with E-state index in [9.17, 15) is 0 Å². The summed E-state index contributed by atoms with van der Waals surface area (Å²) in [7, 11) is 0. The van der Waals surface area contributed by atoms with E-state index in [1.807, 2.05) is 0 Å². The van der Waals surface area contributed by atoms with Crippen LogP contribution in [0, 0.1) is 0 Å². The third-order valence-electron chi connectivity index (χ3n) is 7.86. The summed E-state index contributed by atoms with van der Waals surface area (Å²) in [4.78, 5) is 0. The van der Waals surface area contributed by atoms with Crippen LogP contribution in [0.2, 0.25) is 0 Å². The van der Waals surface area contributed by atoms with Crippen molar-refractivity contribution < 1.29 is 0 Å². The van der Waals surface area contributed by atoms with Gasteiger partial charge in [-0.1, -0.05) is 93.6 Å². The number of rotatable bonds is 2. The highest BCUT2D eigenvalue weighted by Gasteiger charge is 2.18. The molecule has 6 aromatic carbocycles. The van der Waals surface area contributed by atoms with Gasteiger partial charge in [-0.15, -0.1) is 0 Å². The molecular weight excluding hydrogens is 422 g/mol. The van der Waals surface area contributed by atoms with E-state index in [-0.39, 0.29) is 5.41 Å². The molecule has 7 rings (SSSR count). The highest BCUT2D eigenvalue weighted by atomic mass is 15.0. The second-order valence-corrected chi connectivity index (χ2v) is 10.9. The molecule has 0 bridgehead atoms. The molecule has 0 aliphatic rings. The molecule has 7 aromatic rings. The molecule has 0 fully saturated rings. The SMILES string of the molecule is CCn1c2ccccc2c2cc(-c3ccc4ccc5cc(C(C)(C)C)cc6ccc3c4c56)ccc21. The molecule has 0 aliphatic heterocycles. The summed E-state index contributed by atoms with van der Waals surface area (Å²) in [5.41, 5.74) is 6.73. The van der Waals surface area contributed by atoms with Gasteiger partial charge in [-0.05, 0) is 79.5 Å². The normalized spacial score (nSPS) is 12.7. The number of aryl methyl sites for hydroxylation is 1. The van der Waals surface area contributed by atoms with Gasteiger partial charge in [-0.25, -0.2) is 0 Å². The molecule has 1 heteroatoms. The second-order valence-electron chi connectivity index (χ2n) is 10.9. The molecule has 0 aliphatic carbocycles. The van der Waals surface area contributed by atoms with Gasteiger partial charge in [0, 0.05) is 28.4 Å². The number of aromatic nitrogens is 1. The zero-order chi connectivity index (χ0) is 23.9. The van der Waals surface area contributed by atoms with E-state index in [0.717, 1.165) is 6.54 Å². The molecule has 1 heterocycles. The van der Waals surface area contributed by atoms with Gasteiger partial charge in [-0.2, -0.15) is 0 Å². The van der Waals surface area contributed by atoms with Crippen LogP contribution in [0.15, 0.2) is 91.0 Å². The Hall–Kier alpha value is -3.84. The highest BCUT2D eigenvalue weighted by molar-refractivity contribution is 6.26. The summed E-state index contributed by atoms with van der Waals surface area (Å²) in [5.74, 6) is 0. The fraction of sp³-hybridized carbons (Fsp3) is 0.176. The van der Waals surface area contributed by atoms with E-state index < -0.39 is 0 Å². The Morgan fingerprint density at radius 1 is 0.600 bits per heavy atom. The summed E-state index contributed by atoms with van der Waals surface area (Å²) in [6, 6.07) is 34.4. The first-order chi connectivity index (χ1) is 16.9. The molecular formula is C34H29N. The lowest BCUT2D eigenvalue weighted by Crippen LogP contribution is -2.10. The molecule has 0 spiro atoms. The van der Waals surface area contributed by atoms with E-state index in [0.29, 0.717) is 0 Å². The molecule has 0 saturated carbocycles. The average Bonchev–Trinajstić information content (AvgIpc) is 3.19. The van der Waals surface area contributed by atoms with E-state index in [1.54, 1.807) is 0 Å². The fourth-order valence-corrected chi connectivity index (χ4v) is 6.07. The van der Waals surface area contributed by atoms with Crippen molar-refractivity contribution in [1.82, 2.24) is 4.57 Å². The van der Waals surface area contributed by atoms with Crippen LogP contribution in [-0.4, -0.2) is 4.57 Å². The van der Waals surface area contributed by atoms with Crippen molar-refractivity contribution in [3.63, 3.8) is 0 Å². The first-order valence-corrected chi connectivity index (χ1v) is 12.7. The standard InChI is InChI=1S/C34H29N/c1-5-35-30-9-7-6-8-27(30)29-20-22(14-17-31(29)35)26-15-12-21-10-11-23-18-25(34(2,3)4)19-24-13-16-28(26)33(21)32(23)24/h6-20H,5H2,1-4H3. The minimum Gasteiger partial charge on any atom is -0.341 e. The van der Waals surface area contributed by atoms with Gasteiger partial charge < -0.3 is 4.57 Å². The lowest BCUT2D eigenvalue weighted by molar-refractivity contribution is 0.591. The van der Waals surface area contributed by atoms with Crippen molar-refractivity contribution >= 4 is 54.1 Å². The van der Waals surface area contributed by atoms with Crippen LogP contribution < -0.4 is 0 Å². The van der Waals surface area contributed by atoms with Gasteiger partial charge in [0.2, 0.25) is 0 Å². The van der Waals surface area contributed by atoms with Crippen LogP contribution in [0.5, 0.6) is 0 Å². The van der Waals surface area contributed by atoms with Crippen molar-refractivity contribution in [2.24, 2.45) is 0 Å². The topological polar surface area (TPSA) is 4.93 Å². The van der Waals surface area contributed by atoms with E-state index >= 15 is 0 Å². The third kappa shape index (κ3) is 2.88. The van der Waals surface area contributed by atoms with Crippen molar-refractivity contribution in [2.75, 3.05) is 0 Å². The van der Waals surface area contributed by atoms with E-state index in [2.05, 4.69) is 123 Å². The van der Waals surface area contributed by atoms with Crippen LogP contribution in [0.4, 0.5) is 0 Å². The summed E-state index contributed by atoms with van der Waals surface area (Å²) < 4.78 is 2.42. The second kappa shape index (κ2) is 7.09. The molecule has 170 valence electrons. The molecule has 1 nitrogen and oxygen atoms in total. The van der Waals surface area contributed by atoms with Gasteiger partial charge >= 0.3 is 0 Å². The fourth-order valence-electron chi connectivity index (χ4n) is 6.07. The summed E-state index contributed by atoms with van der Waals surface area (Å²) in [6.07, 6.45) is 0. The van der Waals surface area contributed by atoms with Crippen LogP contribution in [0.25, 0.3) is 65.3 Å². The number of hydrogen-bond donors (Lipinski definition) is 0. The first kappa shape index (κ1) is 20.5. The Labute approximate surface area is 205 Å². The van der Waals surface area contributed by atoms with E-state index in [4.69, 9.17) is 0 Å². The number of hydrogen-bond acceptors (Lipinski definition) is 0. The monoisotopic (exact) mass is 451 g/mol. The maximum atomic E-state index is 2.42. The summed E-state index contributed by atoms with van der Waals surface area (Å²) >= 11 is 0. The van der Waals surface area contributed by atoms with Crippen LogP contribution in [0.3, 0.4) is 0 Å². The van der Waals surface area contributed by atoms with Crippen LogP contribution in [0.1, 0.15) is 33.3 Å². The van der Waals surface area contributed by atoms with Crippen molar-refractivity contribution in [2.45, 2.75) is 39.7 Å². The predicted octanol–water partition coefficient (Wildman–Crippen LogP) is 9.68. The van der Waals surface area contributed by atoms with Gasteiger partial charge in [0.15, 0.2) is 0 Å². The minimum atomic E-state index is 0.128. The van der Waals surface area contributed by atoms with E-state index in [1.165, 1.54) is 70.8 Å². The number of benzene rings is 6. The minimum absolute atomic E-state index is 0.128. The summed E-state index contributed by atoms with van der Waals surface area (Å²) in [5, 5.41) is 10.8. The zero-order valence-corrected chi connectivity index (χ0v) is 20.8. The Bertz CT molecular complexity index is 1890. The van der Waals surface area contributed by atoms with Gasteiger partial charge in [0.1, 0.15) is 0 Å². The molecule has 0 N–H and O–H groups in total. The first-order valence-electron chi connectivity index (χ1n) is 12.7. The number of nitrogens with zero attached hydrogens (tertiary/aromatic N) is 1. The van der Waals surface area contributed by atoms with Gasteiger partial charge in [0.05, 0.1) is 0 Å². The van der Waals surface area contributed by atoms with Gasteiger partial charge in [-0.3, -0.25) is 0 Å². The largest absolute Gasteiger partial charge is 0.341 e. The average molecular weight is 452 g/mol. The molecule has 0 amide bonds. The van der Waals surface area contributed by atoms with Crippen LogP contribution >= 0.6 is 0 Å². The molecule has 0 radical (unpaired) electrons. The number of para-hydroxylation sites is 1. The Morgan fingerprint density at radius 3 is 2.06 bits per heavy atom. The molecule has 1 aromatic heterocycles. The Kier molecular flexibility index (Phi) is 4.16. The van der Waals surface area contributed by atoms with Crippen molar-refractivity contribution in [3.05, 3.63) is 96.6 Å². The predicted molar refractivity (Wildman–Crippen MR) is 153 cm³/mol. The zero-order valence-electron chi connectivity index (χ0n) is 20.8.